The van der Waals surface area contributed by atoms with Gasteiger partial charge in [-0.15, -0.1) is 0 Å². The predicted octanol–water partition coefficient (Wildman–Crippen LogP) is 4.98. The number of ether oxygens (including phenoxy) is 1. The summed E-state index contributed by atoms with van der Waals surface area (Å²) in [7, 11) is 0. The van der Waals surface area contributed by atoms with Crippen LogP contribution in [0, 0.1) is 5.92 Å². The second-order valence-corrected chi connectivity index (χ2v) is 8.46. The van der Waals surface area contributed by atoms with Crippen LogP contribution in [0.5, 0.6) is 0 Å². The van der Waals surface area contributed by atoms with E-state index in [-0.39, 0.29) is 5.56 Å². The van der Waals surface area contributed by atoms with Crippen molar-refractivity contribution in [2.24, 2.45) is 5.92 Å². The summed E-state index contributed by atoms with van der Waals surface area (Å²) in [4.78, 5) is 41.2. The average Bonchev–Trinajstić information content (AvgIpc) is 3.13. The molecule has 0 saturated carbocycles. The van der Waals surface area contributed by atoms with Gasteiger partial charge in [0.15, 0.2) is 0 Å². The summed E-state index contributed by atoms with van der Waals surface area (Å²) in [6.07, 6.45) is -0.854. The first-order valence-electron chi connectivity index (χ1n) is 10.8. The van der Waals surface area contributed by atoms with Gasteiger partial charge in [0, 0.05) is 11.5 Å². The van der Waals surface area contributed by atoms with Crippen molar-refractivity contribution in [3.05, 3.63) is 94.8 Å². The molecule has 1 saturated heterocycles. The molecule has 1 unspecified atom stereocenters. The van der Waals surface area contributed by atoms with Gasteiger partial charge in [-0.25, -0.2) is 4.79 Å². The lowest BCUT2D eigenvalue weighted by Crippen LogP contribution is -2.45. The molecule has 2 amide bonds. The van der Waals surface area contributed by atoms with Crippen LogP contribution in [-0.4, -0.2) is 17.0 Å². The maximum Gasteiger partial charge on any atom is 0.415 e. The second kappa shape index (κ2) is 7.74. The van der Waals surface area contributed by atoms with Gasteiger partial charge >= 0.3 is 6.09 Å². The van der Waals surface area contributed by atoms with Gasteiger partial charge in [0.1, 0.15) is 0 Å². The van der Waals surface area contributed by atoms with Crippen LogP contribution < -0.4 is 10.9 Å². The number of benzene rings is 3. The number of pyridine rings is 1. The Morgan fingerprint density at radius 1 is 0.788 bits per heavy atom. The molecule has 0 spiro atoms. The predicted molar refractivity (Wildman–Crippen MR) is 127 cm³/mol. The number of imide groups is 1. The number of hydrogen-bond donors (Lipinski definition) is 2. The van der Waals surface area contributed by atoms with E-state index in [1.54, 1.807) is 19.9 Å². The van der Waals surface area contributed by atoms with Crippen molar-refractivity contribution in [2.45, 2.75) is 19.4 Å². The quantitative estimate of drug-likeness (QED) is 0.470. The number of H-pyrrole nitrogens is 1. The Balaban J connectivity index is 1.79. The fourth-order valence-electron chi connectivity index (χ4n) is 4.50. The van der Waals surface area contributed by atoms with E-state index < -0.39 is 29.1 Å². The average molecular weight is 438 g/mol. The van der Waals surface area contributed by atoms with Crippen LogP contribution in [0.15, 0.2) is 83.7 Å². The monoisotopic (exact) mass is 438 g/mol. The minimum Gasteiger partial charge on any atom is -0.427 e. The van der Waals surface area contributed by atoms with Gasteiger partial charge in [-0.1, -0.05) is 80.6 Å². The number of hydrogen-bond acceptors (Lipinski definition) is 4. The molecular weight excluding hydrogens is 416 g/mol. The van der Waals surface area contributed by atoms with E-state index in [0.717, 1.165) is 27.5 Å². The van der Waals surface area contributed by atoms with Gasteiger partial charge in [-0.05, 0) is 34.0 Å². The maximum absolute atomic E-state index is 13.4. The van der Waals surface area contributed by atoms with E-state index in [0.29, 0.717) is 5.69 Å². The highest BCUT2D eigenvalue weighted by Crippen LogP contribution is 2.39. The van der Waals surface area contributed by atoms with Gasteiger partial charge in [-0.3, -0.25) is 14.9 Å². The molecule has 3 aromatic carbocycles. The minimum atomic E-state index is -1.70. The van der Waals surface area contributed by atoms with Crippen molar-refractivity contribution in [1.29, 1.82) is 0 Å². The summed E-state index contributed by atoms with van der Waals surface area (Å²) in [5.41, 5.74) is 0.988. The highest BCUT2D eigenvalue weighted by molar-refractivity contribution is 6.04. The van der Waals surface area contributed by atoms with Gasteiger partial charge in [0.25, 0.3) is 11.5 Å². The van der Waals surface area contributed by atoms with Crippen molar-refractivity contribution in [3.8, 4) is 22.4 Å². The van der Waals surface area contributed by atoms with E-state index in [1.165, 1.54) is 0 Å². The smallest absolute Gasteiger partial charge is 0.415 e. The van der Waals surface area contributed by atoms with Crippen molar-refractivity contribution in [2.75, 3.05) is 0 Å². The zero-order chi connectivity index (χ0) is 23.2. The molecule has 6 heteroatoms. The fourth-order valence-corrected chi connectivity index (χ4v) is 4.50. The van der Waals surface area contributed by atoms with Crippen LogP contribution >= 0.6 is 0 Å². The van der Waals surface area contributed by atoms with E-state index in [4.69, 9.17) is 4.74 Å². The zero-order valence-electron chi connectivity index (χ0n) is 18.2. The third-order valence-corrected chi connectivity index (χ3v) is 6.18. The number of amides is 2. The lowest BCUT2D eigenvalue weighted by molar-refractivity contribution is -0.136. The molecule has 2 heterocycles. The first-order chi connectivity index (χ1) is 15.9. The second-order valence-electron chi connectivity index (χ2n) is 8.46. The fraction of sp³-hybridized carbons (Fsp3) is 0.148. The molecular formula is C27H22N2O4. The molecule has 1 aliphatic rings. The van der Waals surface area contributed by atoms with Gasteiger partial charge < -0.3 is 9.72 Å². The lowest BCUT2D eigenvalue weighted by atomic mass is 9.82. The van der Waals surface area contributed by atoms with Crippen molar-refractivity contribution in [1.82, 2.24) is 10.3 Å². The molecule has 1 atom stereocenters. The molecule has 5 rings (SSSR count). The van der Waals surface area contributed by atoms with Crippen molar-refractivity contribution < 1.29 is 14.3 Å². The third kappa shape index (κ3) is 3.31. The molecule has 1 fully saturated rings. The SMILES string of the molecule is CC(C)C1(c2cc(-c3ccccc3)c(-c3ccc4ccccc4c3)[nH]c2=O)OC(=O)NC1=O. The van der Waals surface area contributed by atoms with Crippen LogP contribution in [0.2, 0.25) is 0 Å². The largest absolute Gasteiger partial charge is 0.427 e. The standard InChI is InChI=1S/C27H22N2O4/c1-16(2)27(25(31)29-26(32)33-27)22-15-21(18-9-4-3-5-10-18)23(28-24(22)30)20-13-12-17-8-6-7-11-19(17)14-20/h3-16H,1-2H3,(H,28,30)(H,29,31,32). The van der Waals surface area contributed by atoms with Crippen LogP contribution in [0.3, 0.4) is 0 Å². The number of aromatic amines is 1. The Bertz CT molecular complexity index is 1460. The lowest BCUT2D eigenvalue weighted by Gasteiger charge is -2.29. The molecule has 6 nitrogen and oxygen atoms in total. The van der Waals surface area contributed by atoms with Crippen LogP contribution in [0.1, 0.15) is 19.4 Å². The number of alkyl carbamates (subject to hydrolysis) is 1. The van der Waals surface area contributed by atoms with E-state index >= 15 is 0 Å². The molecule has 0 radical (unpaired) electrons. The summed E-state index contributed by atoms with van der Waals surface area (Å²) in [5, 5.41) is 4.32. The van der Waals surface area contributed by atoms with Crippen molar-refractivity contribution >= 4 is 22.8 Å². The van der Waals surface area contributed by atoms with Crippen LogP contribution in [0.4, 0.5) is 4.79 Å². The highest BCUT2D eigenvalue weighted by Gasteiger charge is 2.54. The van der Waals surface area contributed by atoms with Gasteiger partial charge in [0.05, 0.1) is 11.3 Å². The van der Waals surface area contributed by atoms with E-state index in [2.05, 4.69) is 10.3 Å². The normalized spacial score (nSPS) is 17.9. The Labute approximate surface area is 190 Å². The molecule has 0 bridgehead atoms. The summed E-state index contributed by atoms with van der Waals surface area (Å²) >= 11 is 0. The molecule has 0 aliphatic carbocycles. The summed E-state index contributed by atoms with van der Waals surface area (Å²) in [6, 6.07) is 25.3. The molecule has 164 valence electrons. The zero-order valence-corrected chi connectivity index (χ0v) is 18.2. The van der Waals surface area contributed by atoms with Gasteiger partial charge in [0.2, 0.25) is 5.60 Å². The van der Waals surface area contributed by atoms with Crippen molar-refractivity contribution in [3.63, 3.8) is 0 Å². The molecule has 33 heavy (non-hydrogen) atoms. The number of carbonyl (C=O) groups is 2. The number of carbonyl (C=O) groups excluding carboxylic acids is 2. The highest BCUT2D eigenvalue weighted by atomic mass is 16.6. The summed E-state index contributed by atoms with van der Waals surface area (Å²) < 4.78 is 5.46. The van der Waals surface area contributed by atoms with Crippen LogP contribution in [-0.2, 0) is 15.1 Å². The number of nitrogens with one attached hydrogen (secondary N) is 2. The number of cyclic esters (lactones) is 1. The first-order valence-corrected chi connectivity index (χ1v) is 10.8. The Kier molecular flexibility index (Phi) is 4.86. The third-order valence-electron chi connectivity index (χ3n) is 6.18. The molecule has 1 aromatic heterocycles. The molecule has 1 aliphatic heterocycles. The number of rotatable bonds is 4. The summed E-state index contributed by atoms with van der Waals surface area (Å²) in [5.74, 6) is -1.09. The molecule has 2 N–H and O–H groups in total. The van der Waals surface area contributed by atoms with E-state index in [9.17, 15) is 14.4 Å². The topological polar surface area (TPSA) is 88.3 Å². The molecule has 4 aromatic rings. The Hall–Kier alpha value is -4.19. The van der Waals surface area contributed by atoms with Crippen LogP contribution in [0.25, 0.3) is 33.2 Å². The Morgan fingerprint density at radius 3 is 2.15 bits per heavy atom. The number of aromatic nitrogens is 1. The van der Waals surface area contributed by atoms with Gasteiger partial charge in [-0.2, -0.15) is 0 Å². The summed E-state index contributed by atoms with van der Waals surface area (Å²) in [6.45, 7) is 3.49. The number of fused-ring (bicyclic) bond motifs is 1. The Morgan fingerprint density at radius 2 is 1.48 bits per heavy atom. The minimum absolute atomic E-state index is 0.101. The maximum atomic E-state index is 13.4. The first kappa shape index (κ1) is 20.7. The van der Waals surface area contributed by atoms with E-state index in [1.807, 2.05) is 72.8 Å².